The Hall–Kier alpha value is -0.108. The molecule has 1 nitrogen and oxygen atoms in total. The van der Waals surface area contributed by atoms with Crippen LogP contribution in [0.1, 0.15) is 0 Å². The van der Waals surface area contributed by atoms with Gasteiger partial charge in [-0.3, -0.25) is 0 Å². The van der Waals surface area contributed by atoms with E-state index in [-0.39, 0.29) is 17.4 Å². The Balaban J connectivity index is 0. The molecule has 0 unspecified atom stereocenters. The Labute approximate surface area is 35.8 Å². The molecule has 0 aromatic heterocycles. The summed E-state index contributed by atoms with van der Waals surface area (Å²) in [6.45, 7) is 0. The SMILES string of the molecule is C#CO.[AlH3]. The van der Waals surface area contributed by atoms with Gasteiger partial charge in [0, 0.05) is 0 Å². The Morgan fingerprint density at radius 1 is 1.75 bits per heavy atom. The third kappa shape index (κ3) is 130. The molecule has 0 aliphatic rings. The van der Waals surface area contributed by atoms with E-state index in [0.29, 0.717) is 0 Å². The molecule has 0 aromatic rings. The molecule has 0 heterocycles. The van der Waals surface area contributed by atoms with Crippen LogP contribution < -0.4 is 0 Å². The number of terminal acetylenes is 1. The second kappa shape index (κ2) is 13.0. The number of aliphatic hydroxyl groups is 1. The number of aliphatic hydroxyl groups excluding tert-OH is 1. The van der Waals surface area contributed by atoms with Crippen LogP contribution in [0.15, 0.2) is 0 Å². The van der Waals surface area contributed by atoms with Crippen LogP contribution in [-0.2, 0) is 0 Å². The maximum Gasteiger partial charge on any atom is 0.187 e. The van der Waals surface area contributed by atoms with Crippen molar-refractivity contribution in [3.63, 3.8) is 0 Å². The first-order valence-electron chi connectivity index (χ1n) is 0.512. The first-order chi connectivity index (χ1) is 1.41. The highest BCUT2D eigenvalue weighted by atomic mass is 27.0. The average Bonchev–Trinajstić information content (AvgIpc) is 0.918. The molecule has 22 valence electrons. The van der Waals surface area contributed by atoms with Gasteiger partial charge < -0.3 is 5.11 Å². The molecule has 0 radical (unpaired) electrons. The standard InChI is InChI=1S/C2H2O.Al.3H/c1-2-3;;;;/h1,3H;;;;. The molecule has 2 heteroatoms. The zero-order chi connectivity index (χ0) is 2.71. The van der Waals surface area contributed by atoms with E-state index in [1.165, 1.54) is 6.11 Å². The third-order valence-electron chi connectivity index (χ3n) is 0. The van der Waals surface area contributed by atoms with Gasteiger partial charge in [-0.2, -0.15) is 0 Å². The van der Waals surface area contributed by atoms with E-state index in [1.54, 1.807) is 0 Å². The molecule has 0 saturated carbocycles. The Kier molecular flexibility index (Phi) is 29.6. The predicted octanol–water partition coefficient (Wildman–Crippen LogP) is -1.23. The Morgan fingerprint density at radius 2 is 1.75 bits per heavy atom. The van der Waals surface area contributed by atoms with Gasteiger partial charge in [0.15, 0.2) is 17.4 Å². The lowest BCUT2D eigenvalue weighted by Gasteiger charge is -1.32. The molecule has 0 atom stereocenters. The molecule has 0 aliphatic heterocycles. The van der Waals surface area contributed by atoms with Crippen LogP contribution in [0.2, 0.25) is 0 Å². The highest BCUT2D eigenvalue weighted by Gasteiger charge is 1.06. The zero-order valence-corrected chi connectivity index (χ0v) is 1.52. The third-order valence-corrected chi connectivity index (χ3v) is 0. The fourth-order valence-corrected chi connectivity index (χ4v) is 0. The maximum absolute atomic E-state index is 7.10. The van der Waals surface area contributed by atoms with Crippen molar-refractivity contribution in [2.45, 2.75) is 0 Å². The topological polar surface area (TPSA) is 20.2 Å². The average molecular weight is 72.0 g/mol. The van der Waals surface area contributed by atoms with Crippen molar-refractivity contribution in [2.75, 3.05) is 0 Å². The summed E-state index contributed by atoms with van der Waals surface area (Å²) in [5.74, 6) is 0. The molecule has 0 bridgehead atoms. The molecule has 0 rings (SSSR count). The van der Waals surface area contributed by atoms with Crippen molar-refractivity contribution in [3.8, 4) is 12.5 Å². The second-order valence-corrected chi connectivity index (χ2v) is 0.129. The Morgan fingerprint density at radius 3 is 1.75 bits per heavy atom. The Bertz CT molecular complexity index is 27.5. The lowest BCUT2D eigenvalue weighted by atomic mass is 11.3. The van der Waals surface area contributed by atoms with Crippen LogP contribution in [-0.4, -0.2) is 22.5 Å². The van der Waals surface area contributed by atoms with Crippen molar-refractivity contribution in [3.05, 3.63) is 0 Å². The van der Waals surface area contributed by atoms with Gasteiger partial charge in [0.2, 0.25) is 0 Å². The summed E-state index contributed by atoms with van der Waals surface area (Å²) >= 11 is 0. The summed E-state index contributed by atoms with van der Waals surface area (Å²) < 4.78 is 0. The van der Waals surface area contributed by atoms with Gasteiger partial charge in [0.25, 0.3) is 0 Å². The molecular formula is C2H5AlO. The molecule has 0 spiro atoms. The van der Waals surface area contributed by atoms with E-state index in [9.17, 15) is 0 Å². The number of hydrogen-bond acceptors (Lipinski definition) is 1. The smallest absolute Gasteiger partial charge is 0.187 e. The summed E-state index contributed by atoms with van der Waals surface area (Å²) in [5, 5.41) is 7.10. The molecular weight excluding hydrogens is 67.0 g/mol. The number of hydrogen-bond donors (Lipinski definition) is 1. The lowest BCUT2D eigenvalue weighted by molar-refractivity contribution is 0.518. The summed E-state index contributed by atoms with van der Waals surface area (Å²) in [4.78, 5) is 0. The molecule has 0 amide bonds. The highest BCUT2D eigenvalue weighted by Crippen LogP contribution is 1.06. The molecule has 0 fully saturated rings. The van der Waals surface area contributed by atoms with Crippen LogP contribution in [0.3, 0.4) is 0 Å². The summed E-state index contributed by atoms with van der Waals surface area (Å²) in [6, 6.07) is 0. The highest BCUT2D eigenvalue weighted by molar-refractivity contribution is 5.75. The minimum atomic E-state index is 0. The first kappa shape index (κ1) is 9.09. The van der Waals surface area contributed by atoms with Crippen molar-refractivity contribution >= 4 is 17.4 Å². The van der Waals surface area contributed by atoms with Crippen LogP contribution in [0.4, 0.5) is 0 Å². The van der Waals surface area contributed by atoms with Crippen molar-refractivity contribution < 1.29 is 5.11 Å². The van der Waals surface area contributed by atoms with Gasteiger partial charge in [-0.15, -0.1) is 0 Å². The van der Waals surface area contributed by atoms with Crippen LogP contribution in [0, 0.1) is 12.5 Å². The fraction of sp³-hybridized carbons (Fsp3) is 0. The fourth-order valence-electron chi connectivity index (χ4n) is 0. The molecule has 0 saturated heterocycles. The van der Waals surface area contributed by atoms with E-state index in [2.05, 4.69) is 6.42 Å². The van der Waals surface area contributed by atoms with Gasteiger partial charge in [0.05, 0.1) is 0 Å². The van der Waals surface area contributed by atoms with Crippen molar-refractivity contribution in [1.82, 2.24) is 0 Å². The van der Waals surface area contributed by atoms with Crippen molar-refractivity contribution in [2.24, 2.45) is 0 Å². The number of rotatable bonds is 0. The van der Waals surface area contributed by atoms with Gasteiger partial charge in [-0.25, -0.2) is 0 Å². The van der Waals surface area contributed by atoms with E-state index < -0.39 is 0 Å². The normalized spacial score (nSPS) is 1.75. The summed E-state index contributed by atoms with van der Waals surface area (Å²) in [7, 11) is 0. The van der Waals surface area contributed by atoms with Crippen LogP contribution in [0.25, 0.3) is 0 Å². The lowest BCUT2D eigenvalue weighted by Crippen LogP contribution is -1.27. The monoisotopic (exact) mass is 72.0 g/mol. The quantitative estimate of drug-likeness (QED) is 0.280. The zero-order valence-electron chi connectivity index (χ0n) is 1.52. The van der Waals surface area contributed by atoms with E-state index in [0.717, 1.165) is 0 Å². The predicted molar refractivity (Wildman–Crippen MR) is 20.7 cm³/mol. The van der Waals surface area contributed by atoms with E-state index in [4.69, 9.17) is 5.11 Å². The summed E-state index contributed by atoms with van der Waals surface area (Å²) in [6.07, 6.45) is 5.40. The first-order valence-corrected chi connectivity index (χ1v) is 0.512. The van der Waals surface area contributed by atoms with Gasteiger partial charge in [-0.1, -0.05) is 6.42 Å². The van der Waals surface area contributed by atoms with Gasteiger partial charge in [-0.05, 0) is 0 Å². The van der Waals surface area contributed by atoms with E-state index >= 15 is 0 Å². The molecule has 0 aromatic carbocycles. The van der Waals surface area contributed by atoms with E-state index in [1.807, 2.05) is 0 Å². The second-order valence-electron chi connectivity index (χ2n) is 0.129. The molecule has 0 aliphatic carbocycles. The van der Waals surface area contributed by atoms with Crippen LogP contribution >= 0.6 is 0 Å². The minimum absolute atomic E-state index is 0. The minimum Gasteiger partial charge on any atom is -0.462 e. The van der Waals surface area contributed by atoms with Crippen molar-refractivity contribution in [1.29, 1.82) is 0 Å². The molecule has 4 heavy (non-hydrogen) atoms. The van der Waals surface area contributed by atoms with Gasteiger partial charge >= 0.3 is 0 Å². The molecule has 1 N–H and O–H groups in total. The van der Waals surface area contributed by atoms with Gasteiger partial charge in [0.1, 0.15) is 6.11 Å². The van der Waals surface area contributed by atoms with Crippen LogP contribution in [0.5, 0.6) is 0 Å². The summed E-state index contributed by atoms with van der Waals surface area (Å²) in [5.41, 5.74) is 0. The largest absolute Gasteiger partial charge is 0.462 e. The maximum atomic E-state index is 7.10.